The second-order valence-corrected chi connectivity index (χ2v) is 4.84. The number of benzene rings is 1. The zero-order valence-electron chi connectivity index (χ0n) is 9.92. The molecular formula is C13H11ClF3NO. The Labute approximate surface area is 113 Å². The Hall–Kier alpha value is -1.46. The average Bonchev–Trinajstić information content (AvgIpc) is 2.25. The molecule has 0 fully saturated rings. The molecule has 0 spiro atoms. The molecule has 1 aromatic carbocycles. The normalized spacial score (nSPS) is 23.5. The fourth-order valence-electron chi connectivity index (χ4n) is 1.90. The van der Waals surface area contributed by atoms with Gasteiger partial charge in [-0.3, -0.25) is 0 Å². The number of allylic oxidation sites excluding steroid dienone is 2. The van der Waals surface area contributed by atoms with E-state index in [9.17, 15) is 18.3 Å². The van der Waals surface area contributed by atoms with Gasteiger partial charge in [-0.25, -0.2) is 0 Å². The summed E-state index contributed by atoms with van der Waals surface area (Å²) in [5.41, 5.74) is -2.19. The first-order valence-corrected chi connectivity index (χ1v) is 5.84. The highest BCUT2D eigenvalue weighted by Gasteiger charge is 2.35. The van der Waals surface area contributed by atoms with Crippen LogP contribution in [0, 0.1) is 0 Å². The van der Waals surface area contributed by atoms with E-state index in [1.54, 1.807) is 0 Å². The maximum atomic E-state index is 12.9. The molecule has 0 radical (unpaired) electrons. The van der Waals surface area contributed by atoms with Crippen LogP contribution in [0.15, 0.2) is 41.4 Å². The van der Waals surface area contributed by atoms with Crippen LogP contribution in [0.5, 0.6) is 0 Å². The summed E-state index contributed by atoms with van der Waals surface area (Å²) >= 11 is 5.82. The Morgan fingerprint density at radius 3 is 2.47 bits per heavy atom. The van der Waals surface area contributed by atoms with Crippen molar-refractivity contribution in [1.29, 1.82) is 0 Å². The van der Waals surface area contributed by atoms with E-state index in [4.69, 9.17) is 11.6 Å². The van der Waals surface area contributed by atoms with Crippen molar-refractivity contribution >= 4 is 17.3 Å². The first-order chi connectivity index (χ1) is 8.69. The van der Waals surface area contributed by atoms with Gasteiger partial charge in [-0.2, -0.15) is 13.2 Å². The molecule has 2 N–H and O–H groups in total. The lowest BCUT2D eigenvalue weighted by molar-refractivity contribution is -0.137. The number of nitrogens with one attached hydrogen (secondary N) is 1. The minimum Gasteiger partial charge on any atom is -0.368 e. The third-order valence-corrected chi connectivity index (χ3v) is 2.83. The van der Waals surface area contributed by atoms with E-state index in [0.29, 0.717) is 0 Å². The lowest BCUT2D eigenvalue weighted by Gasteiger charge is -2.29. The molecule has 0 aliphatic carbocycles. The molecule has 0 aromatic heterocycles. The monoisotopic (exact) mass is 289 g/mol. The molecule has 1 aliphatic rings. The number of alkyl halides is 3. The van der Waals surface area contributed by atoms with Crippen LogP contribution in [-0.2, 0) is 6.18 Å². The van der Waals surface area contributed by atoms with Gasteiger partial charge in [0.15, 0.2) is 5.72 Å². The number of halogens is 4. The van der Waals surface area contributed by atoms with Crippen molar-refractivity contribution in [2.45, 2.75) is 18.8 Å². The van der Waals surface area contributed by atoms with Gasteiger partial charge >= 0.3 is 6.18 Å². The van der Waals surface area contributed by atoms with Gasteiger partial charge in [-0.15, -0.1) is 0 Å². The number of aliphatic hydroxyl groups is 1. The number of hydrogen-bond acceptors (Lipinski definition) is 2. The van der Waals surface area contributed by atoms with Crippen molar-refractivity contribution in [1.82, 2.24) is 5.32 Å². The molecule has 0 amide bonds. The minimum absolute atomic E-state index is 0.0541. The number of hydrogen-bond donors (Lipinski definition) is 2. The van der Waals surface area contributed by atoms with Gasteiger partial charge in [-0.1, -0.05) is 29.8 Å². The molecule has 1 aromatic rings. The summed E-state index contributed by atoms with van der Waals surface area (Å²) < 4.78 is 38.8. The Morgan fingerprint density at radius 1 is 1.26 bits per heavy atom. The van der Waals surface area contributed by atoms with E-state index < -0.39 is 17.5 Å². The molecule has 1 aliphatic heterocycles. The Kier molecular flexibility index (Phi) is 3.36. The smallest absolute Gasteiger partial charge is 0.368 e. The van der Waals surface area contributed by atoms with Crippen LogP contribution >= 0.6 is 11.6 Å². The highest BCUT2D eigenvalue weighted by Crippen LogP contribution is 2.36. The molecule has 0 bridgehead atoms. The predicted molar refractivity (Wildman–Crippen MR) is 67.1 cm³/mol. The van der Waals surface area contributed by atoms with Gasteiger partial charge in [0.2, 0.25) is 0 Å². The largest absolute Gasteiger partial charge is 0.417 e. The van der Waals surface area contributed by atoms with Gasteiger partial charge < -0.3 is 10.4 Å². The molecule has 2 nitrogen and oxygen atoms in total. The Morgan fingerprint density at radius 2 is 1.89 bits per heavy atom. The molecule has 1 unspecified atom stereocenters. The number of dihydropyridines is 1. The lowest BCUT2D eigenvalue weighted by Crippen LogP contribution is -2.41. The quantitative estimate of drug-likeness (QED) is 0.829. The van der Waals surface area contributed by atoms with E-state index in [0.717, 1.165) is 6.07 Å². The van der Waals surface area contributed by atoms with Crippen molar-refractivity contribution in [3.63, 3.8) is 0 Å². The van der Waals surface area contributed by atoms with Crippen LogP contribution in [0.2, 0.25) is 0 Å². The standard InChI is InChI=1S/C13H11ClF3NO/c1-12(19)7-8(14)6-11(18-12)9-4-2-3-5-10(9)13(15,16)17/h2-7,18-19H,1H3. The van der Waals surface area contributed by atoms with Crippen LogP contribution in [0.1, 0.15) is 18.1 Å². The molecule has 0 saturated carbocycles. The SMILES string of the molecule is CC1(O)C=C(Cl)C=C(c2ccccc2C(F)(F)F)N1. The Balaban J connectivity index is 2.52. The van der Waals surface area contributed by atoms with E-state index in [2.05, 4.69) is 5.32 Å². The molecule has 0 saturated heterocycles. The van der Waals surface area contributed by atoms with Crippen LogP contribution in [0.3, 0.4) is 0 Å². The van der Waals surface area contributed by atoms with E-state index in [-0.39, 0.29) is 16.3 Å². The van der Waals surface area contributed by atoms with E-state index in [1.165, 1.54) is 37.3 Å². The minimum atomic E-state index is -4.47. The zero-order chi connectivity index (χ0) is 14.3. The molecule has 19 heavy (non-hydrogen) atoms. The first-order valence-electron chi connectivity index (χ1n) is 5.46. The highest BCUT2D eigenvalue weighted by atomic mass is 35.5. The molecule has 1 heterocycles. The van der Waals surface area contributed by atoms with Crippen LogP contribution in [-0.4, -0.2) is 10.8 Å². The topological polar surface area (TPSA) is 32.3 Å². The highest BCUT2D eigenvalue weighted by molar-refractivity contribution is 6.32. The van der Waals surface area contributed by atoms with Crippen LogP contribution in [0.4, 0.5) is 13.2 Å². The average molecular weight is 290 g/mol. The van der Waals surface area contributed by atoms with Crippen LogP contribution in [0.25, 0.3) is 5.70 Å². The maximum absolute atomic E-state index is 12.9. The third-order valence-electron chi connectivity index (χ3n) is 2.61. The molecule has 6 heteroatoms. The summed E-state index contributed by atoms with van der Waals surface area (Å²) in [7, 11) is 0. The maximum Gasteiger partial charge on any atom is 0.417 e. The van der Waals surface area contributed by atoms with Crippen molar-refractivity contribution < 1.29 is 18.3 Å². The zero-order valence-corrected chi connectivity index (χ0v) is 10.7. The summed E-state index contributed by atoms with van der Waals surface area (Å²) in [5.74, 6) is 0. The van der Waals surface area contributed by atoms with Crippen molar-refractivity contribution in [2.24, 2.45) is 0 Å². The second-order valence-electron chi connectivity index (χ2n) is 4.40. The Bertz CT molecular complexity index is 561. The summed E-state index contributed by atoms with van der Waals surface area (Å²) in [6, 6.07) is 5.12. The van der Waals surface area contributed by atoms with Gasteiger partial charge in [0.25, 0.3) is 0 Å². The summed E-state index contributed by atoms with van der Waals surface area (Å²) in [4.78, 5) is 0. The van der Waals surface area contributed by atoms with Gasteiger partial charge in [0.05, 0.1) is 5.56 Å². The fourth-order valence-corrected chi connectivity index (χ4v) is 2.22. The molecular weight excluding hydrogens is 279 g/mol. The van der Waals surface area contributed by atoms with Gasteiger partial charge in [0, 0.05) is 16.3 Å². The van der Waals surface area contributed by atoms with Crippen molar-refractivity contribution in [2.75, 3.05) is 0 Å². The van der Waals surface area contributed by atoms with Gasteiger partial charge in [0.1, 0.15) is 0 Å². The second kappa shape index (κ2) is 4.58. The van der Waals surface area contributed by atoms with E-state index in [1.807, 2.05) is 0 Å². The molecule has 2 rings (SSSR count). The first kappa shape index (κ1) is 14.0. The summed E-state index contributed by atoms with van der Waals surface area (Å²) in [5, 5.41) is 12.7. The van der Waals surface area contributed by atoms with Crippen molar-refractivity contribution in [3.8, 4) is 0 Å². The summed E-state index contributed by atoms with van der Waals surface area (Å²) in [6.45, 7) is 1.40. The predicted octanol–water partition coefficient (Wildman–Crippen LogP) is 3.48. The third kappa shape index (κ3) is 3.11. The molecule has 1 atom stereocenters. The van der Waals surface area contributed by atoms with E-state index >= 15 is 0 Å². The number of rotatable bonds is 1. The summed E-state index contributed by atoms with van der Waals surface area (Å²) in [6.07, 6.45) is -1.81. The van der Waals surface area contributed by atoms with Gasteiger partial charge in [-0.05, 0) is 25.1 Å². The fraction of sp³-hybridized carbons (Fsp3) is 0.231. The molecule has 102 valence electrons. The lowest BCUT2D eigenvalue weighted by atomic mass is 10.0. The van der Waals surface area contributed by atoms with Crippen LogP contribution < -0.4 is 5.32 Å². The van der Waals surface area contributed by atoms with Crippen molar-refractivity contribution in [3.05, 3.63) is 52.6 Å².